The van der Waals surface area contributed by atoms with E-state index in [0.717, 1.165) is 22.8 Å². The van der Waals surface area contributed by atoms with Gasteiger partial charge in [0.15, 0.2) is 11.6 Å². The zero-order valence-corrected chi connectivity index (χ0v) is 18.2. The average Bonchev–Trinajstić information content (AvgIpc) is 3.27. The van der Waals surface area contributed by atoms with E-state index in [0.29, 0.717) is 17.5 Å². The summed E-state index contributed by atoms with van der Waals surface area (Å²) in [5.74, 6) is -2.18. The van der Waals surface area contributed by atoms with Crippen molar-refractivity contribution in [3.8, 4) is 22.5 Å². The fourth-order valence-corrected chi connectivity index (χ4v) is 4.12. The molecule has 5 rings (SSSR count). The minimum atomic E-state index is -0.957. The van der Waals surface area contributed by atoms with E-state index in [9.17, 15) is 18.0 Å². The van der Waals surface area contributed by atoms with Crippen LogP contribution in [0.2, 0.25) is 0 Å². The lowest BCUT2D eigenvalue weighted by molar-refractivity contribution is 0.0943. The van der Waals surface area contributed by atoms with Gasteiger partial charge in [-0.1, -0.05) is 30.3 Å². The van der Waals surface area contributed by atoms with Gasteiger partial charge in [-0.3, -0.25) is 9.20 Å². The Morgan fingerprint density at radius 1 is 1.09 bits per heavy atom. The number of aryl methyl sites for hydroxylation is 1. The van der Waals surface area contributed by atoms with Gasteiger partial charge in [0, 0.05) is 17.3 Å². The van der Waals surface area contributed by atoms with E-state index in [1.54, 1.807) is 35.0 Å². The number of rotatable bonds is 4. The molecule has 0 saturated carbocycles. The van der Waals surface area contributed by atoms with Crippen molar-refractivity contribution in [2.75, 3.05) is 0 Å². The van der Waals surface area contributed by atoms with Crippen LogP contribution in [0.25, 0.3) is 28.0 Å². The van der Waals surface area contributed by atoms with Crippen LogP contribution in [0.1, 0.15) is 22.3 Å². The summed E-state index contributed by atoms with van der Waals surface area (Å²) >= 11 is 0. The van der Waals surface area contributed by atoms with Crippen LogP contribution in [0.4, 0.5) is 13.2 Å². The van der Waals surface area contributed by atoms with Gasteiger partial charge in [-0.05, 0) is 60.9 Å². The first-order valence-corrected chi connectivity index (χ1v) is 10.8. The maximum Gasteiger partial charge on any atom is 0.252 e. The molecule has 1 aliphatic rings. The van der Waals surface area contributed by atoms with Crippen molar-refractivity contribution in [2.24, 2.45) is 0 Å². The Morgan fingerprint density at radius 2 is 1.91 bits per heavy atom. The highest BCUT2D eigenvalue weighted by Gasteiger charge is 2.18. The molecule has 0 spiro atoms. The number of nitrogens with one attached hydrogen (secondary N) is 1. The predicted octanol–water partition coefficient (Wildman–Crippen LogP) is 6.17. The average molecular weight is 459 g/mol. The highest BCUT2D eigenvalue weighted by molar-refractivity contribution is 5.98. The number of carbonyl (C=O) groups excluding carboxylic acids is 1. The molecule has 1 atom stereocenters. The van der Waals surface area contributed by atoms with Crippen LogP contribution < -0.4 is 5.32 Å². The van der Waals surface area contributed by atoms with Crippen LogP contribution in [0.3, 0.4) is 0 Å². The topological polar surface area (TPSA) is 46.4 Å². The molecule has 1 amide bonds. The molecule has 1 aliphatic carbocycles. The lowest BCUT2D eigenvalue weighted by Crippen LogP contribution is -2.34. The zero-order chi connectivity index (χ0) is 23.8. The quantitative estimate of drug-likeness (QED) is 0.397. The second-order valence-electron chi connectivity index (χ2n) is 8.15. The molecular weight excluding hydrogens is 439 g/mol. The molecule has 4 aromatic rings. The summed E-state index contributed by atoms with van der Waals surface area (Å²) in [6.07, 6.45) is 8.14. The Balaban J connectivity index is 1.52. The van der Waals surface area contributed by atoms with Gasteiger partial charge in [-0.15, -0.1) is 0 Å². The van der Waals surface area contributed by atoms with E-state index in [-0.39, 0.29) is 29.2 Å². The summed E-state index contributed by atoms with van der Waals surface area (Å²) in [5, 5.41) is 2.92. The molecule has 2 aromatic heterocycles. The highest BCUT2D eigenvalue weighted by atomic mass is 19.2. The van der Waals surface area contributed by atoms with Crippen LogP contribution in [0, 0.1) is 18.6 Å². The number of nitrogens with zero attached hydrogens (tertiary/aromatic N) is 2. The van der Waals surface area contributed by atoms with E-state index < -0.39 is 11.6 Å². The summed E-state index contributed by atoms with van der Waals surface area (Å²) in [7, 11) is 0. The summed E-state index contributed by atoms with van der Waals surface area (Å²) in [6, 6.07) is 12.9. The first-order valence-electron chi connectivity index (χ1n) is 10.8. The maximum atomic E-state index is 14.4. The third kappa shape index (κ3) is 3.90. The molecule has 34 heavy (non-hydrogen) atoms. The van der Waals surface area contributed by atoms with E-state index in [1.807, 2.05) is 25.1 Å². The van der Waals surface area contributed by atoms with E-state index in [4.69, 9.17) is 0 Å². The van der Waals surface area contributed by atoms with Crippen molar-refractivity contribution in [2.45, 2.75) is 19.4 Å². The molecule has 1 unspecified atom stereocenters. The fraction of sp³-hybridized carbons (Fsp3) is 0.111. The van der Waals surface area contributed by atoms with E-state index in [2.05, 4.69) is 10.3 Å². The van der Waals surface area contributed by atoms with Crippen molar-refractivity contribution in [3.05, 3.63) is 108 Å². The van der Waals surface area contributed by atoms with Gasteiger partial charge in [-0.2, -0.15) is 0 Å². The van der Waals surface area contributed by atoms with Crippen molar-refractivity contribution in [1.29, 1.82) is 0 Å². The molecule has 0 bridgehead atoms. The molecule has 0 saturated heterocycles. The third-order valence-corrected chi connectivity index (χ3v) is 5.93. The van der Waals surface area contributed by atoms with Crippen molar-refractivity contribution >= 4 is 11.4 Å². The number of amides is 1. The van der Waals surface area contributed by atoms with Crippen molar-refractivity contribution in [1.82, 2.24) is 14.7 Å². The first kappa shape index (κ1) is 21.7. The number of halogens is 3. The largest absolute Gasteiger partial charge is 0.346 e. The Bertz CT molecular complexity index is 1490. The minimum absolute atomic E-state index is 0.0622. The maximum absolute atomic E-state index is 14.4. The van der Waals surface area contributed by atoms with Gasteiger partial charge in [-0.25, -0.2) is 18.2 Å². The standard InChI is InChI=1S/C27H20F3N3O/c1-16-7-8-17(14-22(16)27(34)32-19-11-9-18(28)10-12-19)20-5-3-13-33-24(20)15-31-26(33)21-4-2-6-23(29)25(21)30/h2-11,13-15,19H,12H2,1H3,(H,32,34). The van der Waals surface area contributed by atoms with Crippen LogP contribution >= 0.6 is 0 Å². The van der Waals surface area contributed by atoms with Crippen LogP contribution in [0.5, 0.6) is 0 Å². The number of pyridine rings is 1. The third-order valence-electron chi connectivity index (χ3n) is 5.93. The molecular formula is C27H20F3N3O. The Kier molecular flexibility index (Phi) is 5.53. The van der Waals surface area contributed by atoms with Crippen molar-refractivity contribution in [3.63, 3.8) is 0 Å². The van der Waals surface area contributed by atoms with Gasteiger partial charge in [0.25, 0.3) is 5.91 Å². The number of imidazole rings is 1. The van der Waals surface area contributed by atoms with Crippen LogP contribution in [0.15, 0.2) is 85.0 Å². The number of fused-ring (bicyclic) bond motifs is 1. The van der Waals surface area contributed by atoms with Crippen molar-refractivity contribution < 1.29 is 18.0 Å². The Morgan fingerprint density at radius 3 is 2.71 bits per heavy atom. The zero-order valence-electron chi connectivity index (χ0n) is 18.2. The number of benzene rings is 2. The molecule has 1 N–H and O–H groups in total. The molecule has 0 fully saturated rings. The number of carbonyl (C=O) groups is 1. The molecule has 4 nitrogen and oxygen atoms in total. The molecule has 2 aromatic carbocycles. The fourth-order valence-electron chi connectivity index (χ4n) is 4.12. The molecule has 170 valence electrons. The lowest BCUT2D eigenvalue weighted by atomic mass is 9.98. The summed E-state index contributed by atoms with van der Waals surface area (Å²) < 4.78 is 43.1. The van der Waals surface area contributed by atoms with E-state index >= 15 is 0 Å². The Hall–Kier alpha value is -4.13. The molecule has 0 aliphatic heterocycles. The van der Waals surface area contributed by atoms with Gasteiger partial charge in [0.1, 0.15) is 11.7 Å². The molecule has 0 radical (unpaired) electrons. The second kappa shape index (κ2) is 8.67. The van der Waals surface area contributed by atoms with Gasteiger partial charge in [0.2, 0.25) is 0 Å². The van der Waals surface area contributed by atoms with Gasteiger partial charge >= 0.3 is 0 Å². The molecule has 2 heterocycles. The predicted molar refractivity (Wildman–Crippen MR) is 125 cm³/mol. The first-order chi connectivity index (χ1) is 16.4. The minimum Gasteiger partial charge on any atom is -0.346 e. The summed E-state index contributed by atoms with van der Waals surface area (Å²) in [6.45, 7) is 1.85. The summed E-state index contributed by atoms with van der Waals surface area (Å²) in [4.78, 5) is 17.3. The highest BCUT2D eigenvalue weighted by Crippen LogP contribution is 2.31. The SMILES string of the molecule is Cc1ccc(-c2cccn3c(-c4cccc(F)c4F)ncc23)cc1C(=O)NC1C=CC(F)=CC1. The number of hydrogen-bond donors (Lipinski definition) is 1. The summed E-state index contributed by atoms with van der Waals surface area (Å²) in [5.41, 5.74) is 3.61. The van der Waals surface area contributed by atoms with Crippen LogP contribution in [-0.4, -0.2) is 21.3 Å². The number of allylic oxidation sites excluding steroid dienone is 2. The second-order valence-corrected chi connectivity index (χ2v) is 8.15. The smallest absolute Gasteiger partial charge is 0.252 e. The normalized spacial score (nSPS) is 15.4. The van der Waals surface area contributed by atoms with E-state index in [1.165, 1.54) is 24.3 Å². The van der Waals surface area contributed by atoms with Gasteiger partial charge in [0.05, 0.1) is 23.3 Å². The van der Waals surface area contributed by atoms with Gasteiger partial charge < -0.3 is 5.32 Å². The number of hydrogen-bond acceptors (Lipinski definition) is 2. The van der Waals surface area contributed by atoms with Crippen LogP contribution in [-0.2, 0) is 0 Å². The lowest BCUT2D eigenvalue weighted by Gasteiger charge is -2.17. The Labute approximate surface area is 194 Å². The number of aromatic nitrogens is 2. The molecule has 7 heteroatoms. The monoisotopic (exact) mass is 459 g/mol.